The van der Waals surface area contributed by atoms with Gasteiger partial charge in [0.25, 0.3) is 0 Å². The summed E-state index contributed by atoms with van der Waals surface area (Å²) in [5, 5.41) is 2.34. The van der Waals surface area contributed by atoms with Gasteiger partial charge >= 0.3 is 5.97 Å². The number of esters is 1. The molecule has 0 rings (SSSR count). The van der Waals surface area contributed by atoms with Crippen LogP contribution in [0.4, 0.5) is 0 Å². The maximum absolute atomic E-state index is 10.8. The van der Waals surface area contributed by atoms with E-state index in [-0.39, 0.29) is 18.7 Å². The highest BCUT2D eigenvalue weighted by atomic mass is 16.5. The highest BCUT2D eigenvalue weighted by Gasteiger charge is 2.17. The van der Waals surface area contributed by atoms with Crippen LogP contribution in [0.1, 0.15) is 19.8 Å². The van der Waals surface area contributed by atoms with E-state index in [0.717, 1.165) is 0 Å². The van der Waals surface area contributed by atoms with Gasteiger partial charge in [-0.3, -0.25) is 14.4 Å². The molecule has 0 aromatic heterocycles. The summed E-state index contributed by atoms with van der Waals surface area (Å²) in [6.45, 7) is 1.27. The average molecular weight is 202 g/mol. The van der Waals surface area contributed by atoms with Crippen molar-refractivity contribution in [3.05, 3.63) is 0 Å². The summed E-state index contributed by atoms with van der Waals surface area (Å²) < 4.78 is 4.38. The minimum absolute atomic E-state index is 0.0460. The molecule has 0 spiro atoms. The summed E-state index contributed by atoms with van der Waals surface area (Å²) in [6, 6.07) is -0.813. The molecule has 0 unspecified atom stereocenters. The quantitative estimate of drug-likeness (QED) is 0.554. The zero-order chi connectivity index (χ0) is 11.1. The summed E-state index contributed by atoms with van der Waals surface area (Å²) in [4.78, 5) is 32.2. The lowest BCUT2D eigenvalue weighted by molar-refractivity contribution is -0.141. The lowest BCUT2D eigenvalue weighted by atomic mass is 10.1. The Balaban J connectivity index is 4.04. The Hall–Kier alpha value is -1.59. The molecule has 80 valence electrons. The predicted octanol–water partition coefficient (Wildman–Crippen LogP) is -1.07. The molecule has 3 N–H and O–H groups in total. The highest BCUT2D eigenvalue weighted by Crippen LogP contribution is 1.98. The molecule has 6 nitrogen and oxygen atoms in total. The number of nitrogens with one attached hydrogen (secondary N) is 1. The van der Waals surface area contributed by atoms with Crippen LogP contribution in [0.3, 0.4) is 0 Å². The van der Waals surface area contributed by atoms with Crippen LogP contribution < -0.4 is 11.1 Å². The molecule has 0 saturated heterocycles. The number of hydrogen-bond acceptors (Lipinski definition) is 4. The zero-order valence-corrected chi connectivity index (χ0v) is 8.20. The van der Waals surface area contributed by atoms with E-state index in [2.05, 4.69) is 10.1 Å². The monoisotopic (exact) mass is 202 g/mol. The first-order valence-corrected chi connectivity index (χ1v) is 4.10. The van der Waals surface area contributed by atoms with Crippen molar-refractivity contribution in [2.75, 3.05) is 7.11 Å². The first-order chi connectivity index (χ1) is 6.47. The fourth-order valence-corrected chi connectivity index (χ4v) is 0.895. The van der Waals surface area contributed by atoms with Gasteiger partial charge in [0.05, 0.1) is 7.11 Å². The minimum Gasteiger partial charge on any atom is -0.469 e. The molecule has 0 saturated carbocycles. The van der Waals surface area contributed by atoms with Gasteiger partial charge in [-0.25, -0.2) is 0 Å². The number of nitrogens with two attached hydrogens (primary N) is 1. The highest BCUT2D eigenvalue weighted by molar-refractivity contribution is 5.86. The summed E-state index contributed by atoms with van der Waals surface area (Å²) in [7, 11) is 1.25. The fraction of sp³-hybridized carbons (Fsp3) is 0.625. The van der Waals surface area contributed by atoms with E-state index in [9.17, 15) is 14.4 Å². The molecule has 6 heteroatoms. The fourth-order valence-electron chi connectivity index (χ4n) is 0.895. The summed E-state index contributed by atoms with van der Waals surface area (Å²) >= 11 is 0. The van der Waals surface area contributed by atoms with Gasteiger partial charge in [0, 0.05) is 13.3 Å². The van der Waals surface area contributed by atoms with E-state index in [4.69, 9.17) is 5.73 Å². The molecule has 1 atom stereocenters. The molecule has 0 fully saturated rings. The first-order valence-electron chi connectivity index (χ1n) is 4.10. The summed E-state index contributed by atoms with van der Waals surface area (Å²) in [5.41, 5.74) is 5.01. The van der Waals surface area contributed by atoms with Gasteiger partial charge in [-0.05, 0) is 6.42 Å². The molecule has 14 heavy (non-hydrogen) atoms. The van der Waals surface area contributed by atoms with E-state index >= 15 is 0 Å². The second-order valence-corrected chi connectivity index (χ2v) is 2.77. The first kappa shape index (κ1) is 12.4. The predicted molar refractivity (Wildman–Crippen MR) is 48.0 cm³/mol. The molecule has 0 bridgehead atoms. The van der Waals surface area contributed by atoms with Crippen LogP contribution in [0.15, 0.2) is 0 Å². The van der Waals surface area contributed by atoms with Gasteiger partial charge in [-0.2, -0.15) is 0 Å². The normalized spacial score (nSPS) is 11.6. The SMILES string of the molecule is COC(=O)CC[C@@H](NC(C)=O)C(N)=O. The van der Waals surface area contributed by atoms with Gasteiger partial charge in [0.2, 0.25) is 11.8 Å². The molecule has 0 aliphatic rings. The third-order valence-electron chi connectivity index (χ3n) is 1.59. The lowest BCUT2D eigenvalue weighted by Gasteiger charge is -2.12. The largest absolute Gasteiger partial charge is 0.469 e. The number of hydrogen-bond donors (Lipinski definition) is 2. The molecule has 0 aliphatic heterocycles. The second kappa shape index (κ2) is 5.95. The topological polar surface area (TPSA) is 98.5 Å². The summed E-state index contributed by atoms with van der Waals surface area (Å²) in [6.07, 6.45) is 0.200. The number of primary amides is 1. The van der Waals surface area contributed by atoms with Crippen LogP contribution in [0.5, 0.6) is 0 Å². The van der Waals surface area contributed by atoms with Crippen molar-refractivity contribution in [3.8, 4) is 0 Å². The maximum Gasteiger partial charge on any atom is 0.305 e. The molecule has 2 amide bonds. The number of rotatable bonds is 5. The molecular weight excluding hydrogens is 188 g/mol. The summed E-state index contributed by atoms with van der Waals surface area (Å²) in [5.74, 6) is -1.47. The van der Waals surface area contributed by atoms with Crippen molar-refractivity contribution in [1.82, 2.24) is 5.32 Å². The van der Waals surface area contributed by atoms with E-state index in [1.807, 2.05) is 0 Å². The third-order valence-corrected chi connectivity index (χ3v) is 1.59. The van der Waals surface area contributed by atoms with Gasteiger partial charge in [-0.1, -0.05) is 0 Å². The maximum atomic E-state index is 10.8. The Kier molecular flexibility index (Phi) is 5.28. The number of ether oxygens (including phenoxy) is 1. The Morgan fingerprint density at radius 2 is 2.00 bits per heavy atom. The van der Waals surface area contributed by atoms with Gasteiger partial charge in [-0.15, -0.1) is 0 Å². The van der Waals surface area contributed by atoms with Crippen LogP contribution in [0.2, 0.25) is 0 Å². The molecule has 0 radical (unpaired) electrons. The number of methoxy groups -OCH3 is 1. The smallest absolute Gasteiger partial charge is 0.305 e. The molecular formula is C8H14N2O4. The van der Waals surface area contributed by atoms with Gasteiger partial charge < -0.3 is 15.8 Å². The standard InChI is InChI=1S/C8H14N2O4/c1-5(11)10-6(8(9)13)3-4-7(12)14-2/h6H,3-4H2,1-2H3,(H2,9,13)(H,10,11)/t6-/m1/s1. The van der Waals surface area contributed by atoms with Crippen molar-refractivity contribution in [2.45, 2.75) is 25.8 Å². The Bertz CT molecular complexity index is 239. The molecule has 0 aromatic carbocycles. The third kappa shape index (κ3) is 5.13. The molecule has 0 aromatic rings. The Morgan fingerprint density at radius 1 is 1.43 bits per heavy atom. The van der Waals surface area contributed by atoms with Crippen molar-refractivity contribution >= 4 is 17.8 Å². The van der Waals surface area contributed by atoms with Crippen LogP contribution in [-0.4, -0.2) is 30.9 Å². The lowest BCUT2D eigenvalue weighted by Crippen LogP contribution is -2.43. The number of carbonyl (C=O) groups excluding carboxylic acids is 3. The van der Waals surface area contributed by atoms with E-state index < -0.39 is 17.9 Å². The number of amides is 2. The van der Waals surface area contributed by atoms with E-state index in [1.165, 1.54) is 14.0 Å². The zero-order valence-electron chi connectivity index (χ0n) is 8.20. The Morgan fingerprint density at radius 3 is 2.36 bits per heavy atom. The van der Waals surface area contributed by atoms with E-state index in [1.54, 1.807) is 0 Å². The number of carbonyl (C=O) groups is 3. The van der Waals surface area contributed by atoms with Crippen LogP contribution in [-0.2, 0) is 19.1 Å². The van der Waals surface area contributed by atoms with Crippen LogP contribution in [0, 0.1) is 0 Å². The van der Waals surface area contributed by atoms with Gasteiger partial charge in [0.15, 0.2) is 0 Å². The van der Waals surface area contributed by atoms with Crippen LogP contribution >= 0.6 is 0 Å². The van der Waals surface area contributed by atoms with Crippen molar-refractivity contribution < 1.29 is 19.1 Å². The van der Waals surface area contributed by atoms with Gasteiger partial charge in [0.1, 0.15) is 6.04 Å². The average Bonchev–Trinajstić information content (AvgIpc) is 2.10. The second-order valence-electron chi connectivity index (χ2n) is 2.77. The molecule has 0 aliphatic carbocycles. The Labute approximate surface area is 81.8 Å². The van der Waals surface area contributed by atoms with Crippen molar-refractivity contribution in [2.24, 2.45) is 5.73 Å². The van der Waals surface area contributed by atoms with E-state index in [0.29, 0.717) is 0 Å². The van der Waals surface area contributed by atoms with Crippen LogP contribution in [0.25, 0.3) is 0 Å². The van der Waals surface area contributed by atoms with Crippen molar-refractivity contribution in [3.63, 3.8) is 0 Å². The minimum atomic E-state index is -0.813. The van der Waals surface area contributed by atoms with Crippen molar-refractivity contribution in [1.29, 1.82) is 0 Å². The molecule has 0 heterocycles.